The quantitative estimate of drug-likeness (QED) is 0.873. The molecule has 0 heterocycles. The van der Waals surface area contributed by atoms with Crippen molar-refractivity contribution in [2.24, 2.45) is 0 Å². The maximum Gasteiger partial charge on any atom is 0.131 e. The van der Waals surface area contributed by atoms with Crippen molar-refractivity contribution in [3.05, 3.63) is 58.6 Å². The fourth-order valence-corrected chi connectivity index (χ4v) is 2.38. The molecule has 4 heteroatoms. The lowest BCUT2D eigenvalue weighted by Crippen LogP contribution is -2.15. The molecule has 0 spiro atoms. The van der Waals surface area contributed by atoms with E-state index in [1.807, 2.05) is 0 Å². The Bertz CT molecular complexity index is 618. The van der Waals surface area contributed by atoms with Gasteiger partial charge in [0, 0.05) is 23.2 Å². The minimum atomic E-state index is -0.464. The van der Waals surface area contributed by atoms with Gasteiger partial charge in [0.1, 0.15) is 11.6 Å². The van der Waals surface area contributed by atoms with Crippen molar-refractivity contribution in [3.63, 3.8) is 0 Å². The zero-order valence-electron chi connectivity index (χ0n) is 10.8. The molecule has 2 aromatic carbocycles. The molecule has 0 amide bonds. The normalized spacial score (nSPS) is 14.6. The summed E-state index contributed by atoms with van der Waals surface area (Å²) in [5.41, 5.74) is 1.82. The van der Waals surface area contributed by atoms with Crippen LogP contribution >= 0.6 is 11.6 Å². The molecule has 0 aliphatic heterocycles. The number of benzene rings is 2. The third-order valence-electron chi connectivity index (χ3n) is 3.38. The van der Waals surface area contributed by atoms with Crippen LogP contribution in [0.3, 0.4) is 0 Å². The molecule has 0 radical (unpaired) electrons. The number of rotatable bonds is 4. The van der Waals surface area contributed by atoms with E-state index >= 15 is 0 Å². The first-order chi connectivity index (χ1) is 9.61. The zero-order valence-corrected chi connectivity index (χ0v) is 11.6. The lowest BCUT2D eigenvalue weighted by Gasteiger charge is -2.09. The minimum absolute atomic E-state index is 0.265. The van der Waals surface area contributed by atoms with E-state index in [1.54, 1.807) is 18.2 Å². The van der Waals surface area contributed by atoms with Gasteiger partial charge in [0.15, 0.2) is 0 Å². The molecule has 2 aromatic rings. The lowest BCUT2D eigenvalue weighted by molar-refractivity contribution is 0.623. The van der Waals surface area contributed by atoms with Crippen LogP contribution in [0, 0.1) is 11.6 Å². The van der Waals surface area contributed by atoms with Gasteiger partial charge < -0.3 is 5.32 Å². The smallest absolute Gasteiger partial charge is 0.131 e. The maximum atomic E-state index is 13.9. The average Bonchev–Trinajstić information content (AvgIpc) is 3.20. The molecule has 3 rings (SSSR count). The molecule has 0 bridgehead atoms. The second-order valence-electron chi connectivity index (χ2n) is 5.13. The first-order valence-electron chi connectivity index (χ1n) is 6.60. The van der Waals surface area contributed by atoms with Crippen molar-refractivity contribution in [1.82, 2.24) is 5.32 Å². The highest BCUT2D eigenvalue weighted by atomic mass is 35.5. The summed E-state index contributed by atoms with van der Waals surface area (Å²) < 4.78 is 27.3. The van der Waals surface area contributed by atoms with Gasteiger partial charge in [0.2, 0.25) is 0 Å². The van der Waals surface area contributed by atoms with Crippen LogP contribution in [0.15, 0.2) is 36.4 Å². The highest BCUT2D eigenvalue weighted by molar-refractivity contribution is 6.30. The predicted octanol–water partition coefficient (Wildman–Crippen LogP) is 4.54. The Hall–Kier alpha value is -1.45. The van der Waals surface area contributed by atoms with Gasteiger partial charge in [-0.15, -0.1) is 0 Å². The van der Waals surface area contributed by atoms with Gasteiger partial charge in [-0.3, -0.25) is 0 Å². The fourth-order valence-electron chi connectivity index (χ4n) is 2.16. The summed E-state index contributed by atoms with van der Waals surface area (Å²) in [5.74, 6) is -0.838. The summed E-state index contributed by atoms with van der Waals surface area (Å²) in [4.78, 5) is 0. The standard InChI is InChI=1S/C16H14ClF2N/c17-12-6-11(7-13(18)8-12)15-5-10(1-4-16(15)19)9-20-14-2-3-14/h1,4-8,14,20H,2-3,9H2. The van der Waals surface area contributed by atoms with Gasteiger partial charge in [-0.05, 0) is 54.3 Å². The van der Waals surface area contributed by atoms with Crippen LogP contribution in [0.5, 0.6) is 0 Å². The SMILES string of the molecule is Fc1cc(Cl)cc(-c2cc(CNC3CC3)ccc2F)c1. The molecule has 1 saturated carbocycles. The molecule has 0 aromatic heterocycles. The summed E-state index contributed by atoms with van der Waals surface area (Å²) in [6.07, 6.45) is 2.40. The Labute approximate surface area is 121 Å². The Morgan fingerprint density at radius 2 is 1.90 bits per heavy atom. The second kappa shape index (κ2) is 5.51. The van der Waals surface area contributed by atoms with Crippen LogP contribution < -0.4 is 5.32 Å². The van der Waals surface area contributed by atoms with Crippen LogP contribution in [-0.4, -0.2) is 6.04 Å². The number of halogens is 3. The zero-order chi connectivity index (χ0) is 14.1. The summed E-state index contributed by atoms with van der Waals surface area (Å²) in [6, 6.07) is 9.57. The molecule has 1 aliphatic rings. The van der Waals surface area contributed by atoms with Crippen molar-refractivity contribution in [1.29, 1.82) is 0 Å². The molecule has 104 valence electrons. The largest absolute Gasteiger partial charge is 0.310 e. The molecule has 0 unspecified atom stereocenters. The van der Waals surface area contributed by atoms with E-state index in [0.29, 0.717) is 23.7 Å². The monoisotopic (exact) mass is 293 g/mol. The topological polar surface area (TPSA) is 12.0 Å². The Kier molecular flexibility index (Phi) is 3.72. The van der Waals surface area contributed by atoms with Gasteiger partial charge in [-0.25, -0.2) is 8.78 Å². The Morgan fingerprint density at radius 1 is 1.10 bits per heavy atom. The summed E-state index contributed by atoms with van der Waals surface area (Å²) in [5, 5.41) is 3.64. The lowest BCUT2D eigenvalue weighted by atomic mass is 10.0. The first-order valence-corrected chi connectivity index (χ1v) is 6.98. The van der Waals surface area contributed by atoms with E-state index in [9.17, 15) is 8.78 Å². The number of hydrogen-bond donors (Lipinski definition) is 1. The van der Waals surface area contributed by atoms with Gasteiger partial charge in [-0.1, -0.05) is 17.7 Å². The van der Waals surface area contributed by atoms with Crippen LogP contribution in [0.1, 0.15) is 18.4 Å². The van der Waals surface area contributed by atoms with E-state index in [0.717, 1.165) is 5.56 Å². The van der Waals surface area contributed by atoms with Crippen LogP contribution in [0.4, 0.5) is 8.78 Å². The van der Waals surface area contributed by atoms with Crippen LogP contribution in [-0.2, 0) is 6.54 Å². The second-order valence-corrected chi connectivity index (χ2v) is 5.56. The van der Waals surface area contributed by atoms with Crippen molar-refractivity contribution >= 4 is 11.6 Å². The van der Waals surface area contributed by atoms with Crippen LogP contribution in [0.2, 0.25) is 5.02 Å². The first kappa shape index (κ1) is 13.5. The van der Waals surface area contributed by atoms with Crippen LogP contribution in [0.25, 0.3) is 11.1 Å². The predicted molar refractivity (Wildman–Crippen MR) is 76.7 cm³/mol. The molecule has 0 saturated heterocycles. The van der Waals surface area contributed by atoms with Gasteiger partial charge in [0.05, 0.1) is 0 Å². The van der Waals surface area contributed by atoms with E-state index in [-0.39, 0.29) is 10.8 Å². The van der Waals surface area contributed by atoms with Gasteiger partial charge in [0.25, 0.3) is 0 Å². The molecule has 1 aliphatic carbocycles. The molecule has 20 heavy (non-hydrogen) atoms. The van der Waals surface area contributed by atoms with E-state index in [1.165, 1.54) is 31.0 Å². The minimum Gasteiger partial charge on any atom is -0.310 e. The van der Waals surface area contributed by atoms with Crippen molar-refractivity contribution in [2.75, 3.05) is 0 Å². The van der Waals surface area contributed by atoms with Crippen molar-refractivity contribution < 1.29 is 8.78 Å². The van der Waals surface area contributed by atoms with E-state index in [2.05, 4.69) is 5.32 Å². The fraction of sp³-hybridized carbons (Fsp3) is 0.250. The molecule has 0 atom stereocenters. The summed E-state index contributed by atoms with van der Waals surface area (Å²) >= 11 is 5.83. The molecule has 1 fully saturated rings. The molecular formula is C16H14ClF2N. The average molecular weight is 294 g/mol. The third kappa shape index (κ3) is 3.17. The van der Waals surface area contributed by atoms with Gasteiger partial charge in [-0.2, -0.15) is 0 Å². The van der Waals surface area contributed by atoms with Crippen molar-refractivity contribution in [3.8, 4) is 11.1 Å². The van der Waals surface area contributed by atoms with E-state index in [4.69, 9.17) is 11.6 Å². The molecule has 1 N–H and O–H groups in total. The van der Waals surface area contributed by atoms with Crippen molar-refractivity contribution in [2.45, 2.75) is 25.4 Å². The summed E-state index contributed by atoms with van der Waals surface area (Å²) in [6.45, 7) is 0.695. The number of nitrogens with one attached hydrogen (secondary N) is 1. The Morgan fingerprint density at radius 3 is 2.60 bits per heavy atom. The maximum absolute atomic E-state index is 13.9. The third-order valence-corrected chi connectivity index (χ3v) is 3.59. The molecule has 1 nitrogen and oxygen atoms in total. The highest BCUT2D eigenvalue weighted by Gasteiger charge is 2.20. The highest BCUT2D eigenvalue weighted by Crippen LogP contribution is 2.28. The number of hydrogen-bond acceptors (Lipinski definition) is 1. The Balaban J connectivity index is 1.91. The summed E-state index contributed by atoms with van der Waals surface area (Å²) in [7, 11) is 0. The van der Waals surface area contributed by atoms with E-state index < -0.39 is 5.82 Å². The van der Waals surface area contributed by atoms with Gasteiger partial charge >= 0.3 is 0 Å². The molecular weight excluding hydrogens is 280 g/mol.